The molecular weight excluding hydrogens is 300 g/mol. The number of hydrogen-bond acceptors (Lipinski definition) is 3. The fourth-order valence-corrected chi connectivity index (χ4v) is 2.98. The summed E-state index contributed by atoms with van der Waals surface area (Å²) < 4.78 is 5.54. The number of benzene rings is 2. The molecule has 0 fully saturated rings. The predicted octanol–water partition coefficient (Wildman–Crippen LogP) is 4.51. The van der Waals surface area contributed by atoms with Gasteiger partial charge in [-0.15, -0.1) is 0 Å². The van der Waals surface area contributed by atoms with E-state index in [4.69, 9.17) is 4.52 Å². The van der Waals surface area contributed by atoms with Gasteiger partial charge in [0.1, 0.15) is 5.69 Å². The molecule has 0 radical (unpaired) electrons. The van der Waals surface area contributed by atoms with Crippen LogP contribution in [0.4, 0.5) is 5.69 Å². The van der Waals surface area contributed by atoms with Crippen molar-refractivity contribution in [2.75, 3.05) is 5.32 Å². The average molecular weight is 318 g/mol. The van der Waals surface area contributed by atoms with Gasteiger partial charge >= 0.3 is 0 Å². The summed E-state index contributed by atoms with van der Waals surface area (Å²) in [4.78, 5) is 11.5. The van der Waals surface area contributed by atoms with Crippen LogP contribution in [0.1, 0.15) is 23.1 Å². The van der Waals surface area contributed by atoms with E-state index in [-0.39, 0.29) is 5.91 Å². The van der Waals surface area contributed by atoms with E-state index in [0.717, 1.165) is 40.3 Å². The van der Waals surface area contributed by atoms with Crippen LogP contribution in [0.15, 0.2) is 47.0 Å². The minimum absolute atomic E-state index is 0.0775. The quantitative estimate of drug-likeness (QED) is 0.756. The maximum atomic E-state index is 11.5. The van der Waals surface area contributed by atoms with Gasteiger partial charge in [0.2, 0.25) is 5.91 Å². The Bertz CT molecular complexity index is 941. The topological polar surface area (TPSA) is 55.1 Å². The standard InChI is InChI=1S/C20H18N2O2/c1-12-3-4-16(9-13(12)2)19-11-18(22-24-19)15-5-7-17-14(10-15)6-8-20(23)21-17/h3-5,7,9-11H,6,8H2,1-2H3,(H,21,23). The molecule has 4 nitrogen and oxygen atoms in total. The summed E-state index contributed by atoms with van der Waals surface area (Å²) in [6.07, 6.45) is 1.29. The molecule has 0 aliphatic carbocycles. The Morgan fingerprint density at radius 2 is 1.79 bits per heavy atom. The van der Waals surface area contributed by atoms with Crippen molar-refractivity contribution in [3.8, 4) is 22.6 Å². The van der Waals surface area contributed by atoms with Crippen LogP contribution in [-0.4, -0.2) is 11.1 Å². The molecule has 0 saturated carbocycles. The second-order valence-electron chi connectivity index (χ2n) is 6.30. The maximum Gasteiger partial charge on any atom is 0.224 e. The van der Waals surface area contributed by atoms with Crippen LogP contribution in [0, 0.1) is 13.8 Å². The number of fused-ring (bicyclic) bond motifs is 1. The third-order valence-corrected chi connectivity index (χ3v) is 4.60. The monoisotopic (exact) mass is 318 g/mol. The zero-order valence-electron chi connectivity index (χ0n) is 13.7. The van der Waals surface area contributed by atoms with Crippen molar-refractivity contribution >= 4 is 11.6 Å². The van der Waals surface area contributed by atoms with Crippen LogP contribution in [0.2, 0.25) is 0 Å². The number of nitrogens with zero attached hydrogens (tertiary/aromatic N) is 1. The SMILES string of the molecule is Cc1ccc(-c2cc(-c3ccc4c(c3)CCC(=O)N4)no2)cc1C. The summed E-state index contributed by atoms with van der Waals surface area (Å²) in [5.41, 5.74) is 7.37. The van der Waals surface area contributed by atoms with Crippen molar-refractivity contribution < 1.29 is 9.32 Å². The molecule has 1 aromatic heterocycles. The predicted molar refractivity (Wildman–Crippen MR) is 93.8 cm³/mol. The molecule has 2 heterocycles. The number of aryl methyl sites for hydroxylation is 3. The highest BCUT2D eigenvalue weighted by Gasteiger charge is 2.16. The summed E-state index contributed by atoms with van der Waals surface area (Å²) in [5.74, 6) is 0.841. The summed E-state index contributed by atoms with van der Waals surface area (Å²) in [7, 11) is 0. The summed E-state index contributed by atoms with van der Waals surface area (Å²) >= 11 is 0. The zero-order chi connectivity index (χ0) is 16.7. The minimum atomic E-state index is 0.0775. The molecule has 1 aliphatic heterocycles. The summed E-state index contributed by atoms with van der Waals surface area (Å²) in [6, 6.07) is 14.2. The number of hydrogen-bond donors (Lipinski definition) is 1. The molecule has 1 aliphatic rings. The Labute approximate surface area is 140 Å². The lowest BCUT2D eigenvalue weighted by Gasteiger charge is -2.16. The van der Waals surface area contributed by atoms with E-state index in [1.165, 1.54) is 11.1 Å². The molecule has 4 heteroatoms. The van der Waals surface area contributed by atoms with Gasteiger partial charge in [0, 0.05) is 29.3 Å². The Kier molecular flexibility index (Phi) is 3.45. The number of nitrogens with one attached hydrogen (secondary N) is 1. The van der Waals surface area contributed by atoms with E-state index in [9.17, 15) is 4.79 Å². The first-order valence-electron chi connectivity index (χ1n) is 8.07. The van der Waals surface area contributed by atoms with E-state index in [0.29, 0.717) is 6.42 Å². The van der Waals surface area contributed by atoms with Crippen molar-refractivity contribution in [1.82, 2.24) is 5.16 Å². The highest BCUT2D eigenvalue weighted by Crippen LogP contribution is 2.31. The van der Waals surface area contributed by atoms with Crippen LogP contribution in [0.3, 0.4) is 0 Å². The lowest BCUT2D eigenvalue weighted by molar-refractivity contribution is -0.116. The molecule has 3 aromatic rings. The number of carbonyl (C=O) groups is 1. The number of anilines is 1. The molecule has 0 atom stereocenters. The number of aromatic nitrogens is 1. The van der Waals surface area contributed by atoms with Crippen molar-refractivity contribution in [3.63, 3.8) is 0 Å². The summed E-state index contributed by atoms with van der Waals surface area (Å²) in [6.45, 7) is 4.19. The third kappa shape index (κ3) is 2.60. The molecule has 0 unspecified atom stereocenters. The molecule has 2 aromatic carbocycles. The van der Waals surface area contributed by atoms with E-state index < -0.39 is 0 Å². The minimum Gasteiger partial charge on any atom is -0.356 e. The van der Waals surface area contributed by atoms with Crippen molar-refractivity contribution in [3.05, 3.63) is 59.2 Å². The van der Waals surface area contributed by atoms with Gasteiger partial charge in [0.25, 0.3) is 0 Å². The maximum absolute atomic E-state index is 11.5. The van der Waals surface area contributed by atoms with Crippen LogP contribution < -0.4 is 5.32 Å². The first kappa shape index (κ1) is 14.7. The van der Waals surface area contributed by atoms with Crippen LogP contribution in [0.25, 0.3) is 22.6 Å². The molecule has 120 valence electrons. The van der Waals surface area contributed by atoms with E-state index in [1.54, 1.807) is 0 Å². The third-order valence-electron chi connectivity index (χ3n) is 4.60. The van der Waals surface area contributed by atoms with E-state index >= 15 is 0 Å². The Hall–Kier alpha value is -2.88. The highest BCUT2D eigenvalue weighted by molar-refractivity contribution is 5.94. The van der Waals surface area contributed by atoms with Crippen molar-refractivity contribution in [2.45, 2.75) is 26.7 Å². The Morgan fingerprint density at radius 3 is 2.62 bits per heavy atom. The highest BCUT2D eigenvalue weighted by atomic mass is 16.5. The molecule has 4 rings (SSSR count). The number of carbonyl (C=O) groups excluding carboxylic acids is 1. The van der Waals surface area contributed by atoms with Gasteiger partial charge in [0.15, 0.2) is 5.76 Å². The van der Waals surface area contributed by atoms with Gasteiger partial charge in [-0.1, -0.05) is 23.4 Å². The van der Waals surface area contributed by atoms with Gasteiger partial charge < -0.3 is 9.84 Å². The Balaban J connectivity index is 1.67. The van der Waals surface area contributed by atoms with Crippen LogP contribution >= 0.6 is 0 Å². The average Bonchev–Trinajstić information content (AvgIpc) is 3.07. The van der Waals surface area contributed by atoms with Gasteiger partial charge in [-0.3, -0.25) is 4.79 Å². The second kappa shape index (κ2) is 5.64. The first-order chi connectivity index (χ1) is 11.6. The normalized spacial score (nSPS) is 13.5. The fraction of sp³-hybridized carbons (Fsp3) is 0.200. The van der Waals surface area contributed by atoms with Crippen LogP contribution in [-0.2, 0) is 11.2 Å². The van der Waals surface area contributed by atoms with Crippen LogP contribution in [0.5, 0.6) is 0 Å². The van der Waals surface area contributed by atoms with Gasteiger partial charge in [-0.25, -0.2) is 0 Å². The molecular formula is C20H18N2O2. The van der Waals surface area contributed by atoms with Gasteiger partial charge in [0.05, 0.1) is 0 Å². The smallest absolute Gasteiger partial charge is 0.224 e. The van der Waals surface area contributed by atoms with E-state index in [2.05, 4.69) is 48.6 Å². The van der Waals surface area contributed by atoms with E-state index in [1.807, 2.05) is 18.2 Å². The zero-order valence-corrected chi connectivity index (χ0v) is 13.7. The molecule has 0 spiro atoms. The largest absolute Gasteiger partial charge is 0.356 e. The van der Waals surface area contributed by atoms with Crippen molar-refractivity contribution in [2.24, 2.45) is 0 Å². The fourth-order valence-electron chi connectivity index (χ4n) is 2.98. The lowest BCUT2D eigenvalue weighted by Crippen LogP contribution is -2.18. The molecule has 1 N–H and O–H groups in total. The van der Waals surface area contributed by atoms with Gasteiger partial charge in [-0.05, 0) is 55.2 Å². The number of amides is 1. The molecule has 0 bridgehead atoms. The molecule has 1 amide bonds. The summed E-state index contributed by atoms with van der Waals surface area (Å²) in [5, 5.41) is 7.11. The lowest BCUT2D eigenvalue weighted by atomic mass is 9.99. The van der Waals surface area contributed by atoms with Gasteiger partial charge in [-0.2, -0.15) is 0 Å². The molecule has 0 saturated heterocycles. The first-order valence-corrected chi connectivity index (χ1v) is 8.07. The molecule has 24 heavy (non-hydrogen) atoms. The number of rotatable bonds is 2. The van der Waals surface area contributed by atoms with Crippen molar-refractivity contribution in [1.29, 1.82) is 0 Å². The Morgan fingerprint density at radius 1 is 0.958 bits per heavy atom. The second-order valence-corrected chi connectivity index (χ2v) is 6.30.